The lowest BCUT2D eigenvalue weighted by atomic mass is 9.84. The van der Waals surface area contributed by atoms with Crippen molar-refractivity contribution in [1.82, 2.24) is 14.8 Å². The molecule has 3 rings (SSSR count). The van der Waals surface area contributed by atoms with Crippen LogP contribution < -0.4 is 0 Å². The molecule has 0 unspecified atom stereocenters. The molecule has 96 valence electrons. The van der Waals surface area contributed by atoms with Crippen molar-refractivity contribution in [3.8, 4) is 6.07 Å². The Morgan fingerprint density at radius 2 is 1.45 bits per heavy atom. The maximum Gasteiger partial charge on any atom is 0.200 e. The molecular weight excluding hydrogens is 248 g/mol. The van der Waals surface area contributed by atoms with Gasteiger partial charge in [0, 0.05) is 0 Å². The Kier molecular flexibility index (Phi) is 3.02. The van der Waals surface area contributed by atoms with Gasteiger partial charge in [-0.25, -0.2) is 9.67 Å². The summed E-state index contributed by atoms with van der Waals surface area (Å²) in [6.07, 6.45) is 3.02. The van der Waals surface area contributed by atoms with E-state index in [1.807, 2.05) is 60.7 Å². The Labute approximate surface area is 116 Å². The molecule has 1 heterocycles. The van der Waals surface area contributed by atoms with Crippen LogP contribution in [0.3, 0.4) is 0 Å². The molecule has 0 saturated heterocycles. The fourth-order valence-corrected chi connectivity index (χ4v) is 2.35. The van der Waals surface area contributed by atoms with E-state index in [0.29, 0.717) is 0 Å². The molecule has 4 nitrogen and oxygen atoms in total. The van der Waals surface area contributed by atoms with Crippen molar-refractivity contribution in [2.24, 2.45) is 0 Å². The first kappa shape index (κ1) is 12.1. The molecular formula is C16H12N4. The molecule has 3 aromatic rings. The summed E-state index contributed by atoms with van der Waals surface area (Å²) in [5.41, 5.74) is 0.720. The van der Waals surface area contributed by atoms with E-state index in [1.54, 1.807) is 11.0 Å². The molecule has 0 N–H and O–H groups in total. The third kappa shape index (κ3) is 1.77. The summed E-state index contributed by atoms with van der Waals surface area (Å²) in [6, 6.07) is 21.7. The molecule has 0 bridgehead atoms. The van der Waals surface area contributed by atoms with Gasteiger partial charge in [-0.15, -0.1) is 0 Å². The second kappa shape index (κ2) is 4.98. The van der Waals surface area contributed by atoms with Crippen LogP contribution in [0.4, 0.5) is 0 Å². The van der Waals surface area contributed by atoms with Crippen molar-refractivity contribution >= 4 is 0 Å². The number of hydrogen-bond acceptors (Lipinski definition) is 3. The quantitative estimate of drug-likeness (QED) is 0.727. The van der Waals surface area contributed by atoms with Crippen molar-refractivity contribution < 1.29 is 0 Å². The van der Waals surface area contributed by atoms with Gasteiger partial charge in [-0.2, -0.15) is 10.4 Å². The summed E-state index contributed by atoms with van der Waals surface area (Å²) in [5.74, 6) is 0. The number of nitriles is 1. The number of aromatic nitrogens is 3. The highest BCUT2D eigenvalue weighted by atomic mass is 15.4. The molecule has 2 aromatic carbocycles. The van der Waals surface area contributed by atoms with Crippen LogP contribution in [0, 0.1) is 11.3 Å². The predicted octanol–water partition coefficient (Wildman–Crippen LogP) is 2.59. The van der Waals surface area contributed by atoms with E-state index in [-0.39, 0.29) is 0 Å². The van der Waals surface area contributed by atoms with Crippen LogP contribution in [0.1, 0.15) is 11.1 Å². The number of benzene rings is 2. The van der Waals surface area contributed by atoms with Crippen LogP contribution in [0.5, 0.6) is 0 Å². The maximum absolute atomic E-state index is 9.92. The van der Waals surface area contributed by atoms with E-state index in [0.717, 1.165) is 11.1 Å². The third-order valence-electron chi connectivity index (χ3n) is 3.31. The molecule has 0 radical (unpaired) electrons. The van der Waals surface area contributed by atoms with Crippen LogP contribution >= 0.6 is 0 Å². The Morgan fingerprint density at radius 3 is 1.85 bits per heavy atom. The van der Waals surface area contributed by atoms with Gasteiger partial charge >= 0.3 is 0 Å². The smallest absolute Gasteiger partial charge is 0.200 e. The lowest BCUT2D eigenvalue weighted by molar-refractivity contribution is 0.486. The van der Waals surface area contributed by atoms with E-state index in [2.05, 4.69) is 16.2 Å². The van der Waals surface area contributed by atoms with Gasteiger partial charge in [0.25, 0.3) is 0 Å². The molecule has 0 spiro atoms. The van der Waals surface area contributed by atoms with Crippen molar-refractivity contribution in [2.75, 3.05) is 0 Å². The summed E-state index contributed by atoms with van der Waals surface area (Å²) < 4.78 is 1.59. The minimum absolute atomic E-state index is 0.860. The van der Waals surface area contributed by atoms with E-state index in [9.17, 15) is 5.26 Å². The van der Waals surface area contributed by atoms with Gasteiger partial charge < -0.3 is 0 Å². The highest BCUT2D eigenvalue weighted by Crippen LogP contribution is 2.32. The molecule has 0 fully saturated rings. The van der Waals surface area contributed by atoms with Crippen LogP contribution in [0.15, 0.2) is 73.3 Å². The summed E-state index contributed by atoms with van der Waals surface area (Å²) >= 11 is 0. The number of rotatable bonds is 3. The Hall–Kier alpha value is -2.93. The average molecular weight is 260 g/mol. The van der Waals surface area contributed by atoms with Crippen molar-refractivity contribution in [2.45, 2.75) is 5.54 Å². The standard InChI is InChI=1S/C16H12N4/c17-11-16(20-13-18-12-19-20,14-7-3-1-4-8-14)15-9-5-2-6-10-15/h1-10,12-13H. The van der Waals surface area contributed by atoms with E-state index in [1.165, 1.54) is 6.33 Å². The van der Waals surface area contributed by atoms with E-state index < -0.39 is 5.54 Å². The minimum Gasteiger partial charge on any atom is -0.223 e. The zero-order valence-electron chi connectivity index (χ0n) is 10.7. The molecule has 0 aliphatic carbocycles. The van der Waals surface area contributed by atoms with Crippen LogP contribution in [0.25, 0.3) is 0 Å². The van der Waals surface area contributed by atoms with E-state index in [4.69, 9.17) is 0 Å². The number of hydrogen-bond donors (Lipinski definition) is 0. The van der Waals surface area contributed by atoms with Crippen LogP contribution in [-0.4, -0.2) is 14.8 Å². The second-order valence-corrected chi connectivity index (χ2v) is 4.39. The minimum atomic E-state index is -1.00. The molecule has 4 heteroatoms. The summed E-state index contributed by atoms with van der Waals surface area (Å²) in [4.78, 5) is 3.99. The zero-order valence-corrected chi connectivity index (χ0v) is 10.7. The highest BCUT2D eigenvalue weighted by molar-refractivity contribution is 5.45. The largest absolute Gasteiger partial charge is 0.223 e. The van der Waals surface area contributed by atoms with Crippen molar-refractivity contribution in [3.05, 3.63) is 84.4 Å². The lowest BCUT2D eigenvalue weighted by Gasteiger charge is -2.27. The summed E-state index contributed by atoms with van der Waals surface area (Å²) in [6.45, 7) is 0. The van der Waals surface area contributed by atoms with Crippen LogP contribution in [-0.2, 0) is 5.54 Å². The molecule has 20 heavy (non-hydrogen) atoms. The van der Waals surface area contributed by atoms with Gasteiger partial charge in [0.15, 0.2) is 5.54 Å². The van der Waals surface area contributed by atoms with Gasteiger partial charge in [0.05, 0.1) is 0 Å². The monoisotopic (exact) mass is 260 g/mol. The first-order chi connectivity index (χ1) is 9.88. The fraction of sp³-hybridized carbons (Fsp3) is 0.0625. The molecule has 0 aliphatic heterocycles. The topological polar surface area (TPSA) is 54.5 Å². The Bertz CT molecular complexity index is 673. The van der Waals surface area contributed by atoms with E-state index >= 15 is 0 Å². The first-order valence-electron chi connectivity index (χ1n) is 6.25. The predicted molar refractivity (Wildman–Crippen MR) is 74.7 cm³/mol. The van der Waals surface area contributed by atoms with Crippen molar-refractivity contribution in [3.63, 3.8) is 0 Å². The van der Waals surface area contributed by atoms with Gasteiger partial charge in [-0.05, 0) is 11.1 Å². The number of nitrogens with zero attached hydrogens (tertiary/aromatic N) is 4. The fourth-order valence-electron chi connectivity index (χ4n) is 2.35. The van der Waals surface area contributed by atoms with Gasteiger partial charge in [0.2, 0.25) is 0 Å². The third-order valence-corrected chi connectivity index (χ3v) is 3.31. The zero-order chi connectivity index (χ0) is 13.8. The SMILES string of the molecule is N#CC(c1ccccc1)(c1ccccc1)n1cncn1. The van der Waals surface area contributed by atoms with Gasteiger partial charge in [-0.3, -0.25) is 0 Å². The van der Waals surface area contributed by atoms with Crippen molar-refractivity contribution in [1.29, 1.82) is 5.26 Å². The molecule has 0 saturated carbocycles. The second-order valence-electron chi connectivity index (χ2n) is 4.39. The lowest BCUT2D eigenvalue weighted by Crippen LogP contribution is -2.35. The summed E-state index contributed by atoms with van der Waals surface area (Å²) in [7, 11) is 0. The van der Waals surface area contributed by atoms with Gasteiger partial charge in [0.1, 0.15) is 18.7 Å². The normalized spacial score (nSPS) is 10.9. The van der Waals surface area contributed by atoms with Crippen LogP contribution in [0.2, 0.25) is 0 Å². The summed E-state index contributed by atoms with van der Waals surface area (Å²) in [5, 5.41) is 14.1. The average Bonchev–Trinajstić information content (AvgIpc) is 3.06. The Morgan fingerprint density at radius 1 is 0.900 bits per heavy atom. The van der Waals surface area contributed by atoms with Gasteiger partial charge in [-0.1, -0.05) is 60.7 Å². The first-order valence-corrected chi connectivity index (χ1v) is 6.25. The molecule has 0 amide bonds. The Balaban J connectivity index is 2.31. The molecule has 0 aliphatic rings. The highest BCUT2D eigenvalue weighted by Gasteiger charge is 2.37. The maximum atomic E-state index is 9.92. The molecule has 1 aromatic heterocycles. The molecule has 0 atom stereocenters.